The fraction of sp³-hybridized carbons (Fsp3) is 0.500. The average molecular weight is 354 g/mol. The molecule has 4 rings (SSSR count). The zero-order valence-electron chi connectivity index (χ0n) is 14.9. The molecule has 1 aliphatic carbocycles. The molecule has 0 atom stereocenters. The molecule has 0 radical (unpaired) electrons. The molecule has 26 heavy (non-hydrogen) atoms. The van der Waals surface area contributed by atoms with E-state index < -0.39 is 0 Å². The van der Waals surface area contributed by atoms with E-state index in [0.717, 1.165) is 43.9 Å². The highest BCUT2D eigenvalue weighted by atomic mass is 16.2. The van der Waals surface area contributed by atoms with Gasteiger partial charge in [-0.1, -0.05) is 0 Å². The van der Waals surface area contributed by atoms with Gasteiger partial charge >= 0.3 is 0 Å². The minimum atomic E-state index is -0.196. The fourth-order valence-electron chi connectivity index (χ4n) is 3.54. The maximum Gasteiger partial charge on any atom is 0.253 e. The summed E-state index contributed by atoms with van der Waals surface area (Å²) in [7, 11) is 0. The van der Waals surface area contributed by atoms with Crippen LogP contribution in [0.3, 0.4) is 0 Å². The highest BCUT2D eigenvalue weighted by molar-refractivity contribution is 5.76. The highest BCUT2D eigenvalue weighted by Gasteiger charge is 2.24. The number of aryl methyl sites for hydroxylation is 3. The fourth-order valence-corrected chi connectivity index (χ4v) is 3.54. The minimum absolute atomic E-state index is 0.0325. The van der Waals surface area contributed by atoms with Crippen LogP contribution in [0.5, 0.6) is 0 Å². The van der Waals surface area contributed by atoms with Crippen molar-refractivity contribution in [2.45, 2.75) is 32.7 Å². The van der Waals surface area contributed by atoms with Crippen molar-refractivity contribution in [1.29, 1.82) is 0 Å². The van der Waals surface area contributed by atoms with Crippen LogP contribution in [-0.4, -0.2) is 56.7 Å². The Morgan fingerprint density at radius 3 is 2.69 bits per heavy atom. The molecule has 0 unspecified atom stereocenters. The van der Waals surface area contributed by atoms with E-state index in [1.807, 2.05) is 0 Å². The third-order valence-electron chi connectivity index (χ3n) is 5.09. The van der Waals surface area contributed by atoms with E-state index in [1.165, 1.54) is 22.5 Å². The van der Waals surface area contributed by atoms with Gasteiger partial charge in [0.25, 0.3) is 5.56 Å². The van der Waals surface area contributed by atoms with Crippen molar-refractivity contribution in [3.05, 3.63) is 45.8 Å². The normalized spacial score (nSPS) is 16.7. The lowest BCUT2D eigenvalue weighted by atomic mass is 10.2. The number of hydrogen-bond donors (Lipinski definition) is 0. The van der Waals surface area contributed by atoms with E-state index in [1.54, 1.807) is 11.8 Å². The van der Waals surface area contributed by atoms with Crippen molar-refractivity contribution >= 4 is 11.7 Å². The molecule has 3 heterocycles. The quantitative estimate of drug-likeness (QED) is 0.782. The summed E-state index contributed by atoms with van der Waals surface area (Å²) in [4.78, 5) is 32.5. The topological polar surface area (TPSA) is 84.2 Å². The molecular weight excluding hydrogens is 332 g/mol. The second-order valence-corrected chi connectivity index (χ2v) is 6.89. The molecule has 1 aliphatic heterocycles. The lowest BCUT2D eigenvalue weighted by Crippen LogP contribution is -2.50. The summed E-state index contributed by atoms with van der Waals surface area (Å²) in [5, 5.41) is 8.69. The summed E-state index contributed by atoms with van der Waals surface area (Å²) in [6.07, 6.45) is 4.70. The molecule has 2 aliphatic rings. The standard InChI is InChI=1S/C18H22N6O2/c1-13-9-17(25)24(12-19-13)11-18(26)23-7-5-22(6-8-23)16-10-14-3-2-4-15(14)20-21-16/h9-10,12H,2-8,11H2,1H3. The first-order chi connectivity index (χ1) is 12.6. The molecule has 8 nitrogen and oxygen atoms in total. The van der Waals surface area contributed by atoms with Crippen LogP contribution in [0.4, 0.5) is 5.82 Å². The highest BCUT2D eigenvalue weighted by Crippen LogP contribution is 2.23. The number of carbonyl (C=O) groups excluding carboxylic acids is 1. The van der Waals surface area contributed by atoms with E-state index >= 15 is 0 Å². The molecule has 0 N–H and O–H groups in total. The number of fused-ring (bicyclic) bond motifs is 1. The van der Waals surface area contributed by atoms with E-state index in [2.05, 4.69) is 26.1 Å². The monoisotopic (exact) mass is 354 g/mol. The van der Waals surface area contributed by atoms with Gasteiger partial charge in [0.05, 0.1) is 12.0 Å². The van der Waals surface area contributed by atoms with Crippen LogP contribution in [0.2, 0.25) is 0 Å². The number of piperazine rings is 1. The maximum absolute atomic E-state index is 12.5. The second-order valence-electron chi connectivity index (χ2n) is 6.89. The van der Waals surface area contributed by atoms with Crippen molar-refractivity contribution in [3.63, 3.8) is 0 Å². The molecule has 0 saturated carbocycles. The van der Waals surface area contributed by atoms with Gasteiger partial charge in [-0.3, -0.25) is 14.2 Å². The Balaban J connectivity index is 1.37. The molecule has 2 aromatic rings. The smallest absolute Gasteiger partial charge is 0.253 e. The molecule has 1 fully saturated rings. The Bertz CT molecular complexity index is 885. The molecule has 8 heteroatoms. The van der Waals surface area contributed by atoms with Gasteiger partial charge in [-0.2, -0.15) is 5.10 Å². The Hall–Kier alpha value is -2.77. The summed E-state index contributed by atoms with van der Waals surface area (Å²) in [5.74, 6) is 0.842. The number of aromatic nitrogens is 4. The van der Waals surface area contributed by atoms with Crippen LogP contribution < -0.4 is 10.5 Å². The van der Waals surface area contributed by atoms with Crippen LogP contribution in [0.25, 0.3) is 0 Å². The van der Waals surface area contributed by atoms with Crippen LogP contribution >= 0.6 is 0 Å². The molecule has 1 saturated heterocycles. The predicted octanol–water partition coefficient (Wildman–Crippen LogP) is 0.179. The summed E-state index contributed by atoms with van der Waals surface area (Å²) in [6.45, 7) is 4.47. The van der Waals surface area contributed by atoms with Crippen LogP contribution in [-0.2, 0) is 24.2 Å². The third-order valence-corrected chi connectivity index (χ3v) is 5.09. The molecular formula is C18H22N6O2. The summed E-state index contributed by atoms with van der Waals surface area (Å²) < 4.78 is 1.35. The molecule has 0 spiro atoms. The predicted molar refractivity (Wildman–Crippen MR) is 96.1 cm³/mol. The van der Waals surface area contributed by atoms with Crippen molar-refractivity contribution in [2.24, 2.45) is 0 Å². The summed E-state index contributed by atoms with van der Waals surface area (Å²) in [6, 6.07) is 3.59. The van der Waals surface area contributed by atoms with Gasteiger partial charge in [0.1, 0.15) is 6.54 Å². The molecule has 136 valence electrons. The van der Waals surface area contributed by atoms with Gasteiger partial charge in [-0.05, 0) is 37.8 Å². The van der Waals surface area contributed by atoms with Gasteiger partial charge in [-0.15, -0.1) is 5.10 Å². The Kier molecular flexibility index (Phi) is 4.40. The van der Waals surface area contributed by atoms with Gasteiger partial charge < -0.3 is 9.80 Å². The summed E-state index contributed by atoms with van der Waals surface area (Å²) >= 11 is 0. The van der Waals surface area contributed by atoms with E-state index in [-0.39, 0.29) is 18.0 Å². The first-order valence-electron chi connectivity index (χ1n) is 9.01. The van der Waals surface area contributed by atoms with Crippen LogP contribution in [0.15, 0.2) is 23.3 Å². The molecule has 0 aromatic carbocycles. The van der Waals surface area contributed by atoms with Gasteiger partial charge in [0, 0.05) is 37.9 Å². The van der Waals surface area contributed by atoms with Crippen molar-refractivity contribution in [3.8, 4) is 0 Å². The second kappa shape index (κ2) is 6.86. The number of carbonyl (C=O) groups is 1. The van der Waals surface area contributed by atoms with Crippen molar-refractivity contribution in [2.75, 3.05) is 31.1 Å². The number of hydrogen-bond acceptors (Lipinski definition) is 6. The Morgan fingerprint density at radius 2 is 1.92 bits per heavy atom. The molecule has 2 aromatic heterocycles. The van der Waals surface area contributed by atoms with Gasteiger partial charge in [0.15, 0.2) is 5.82 Å². The molecule has 0 bridgehead atoms. The number of amides is 1. The molecule has 1 amide bonds. The zero-order chi connectivity index (χ0) is 18.1. The van der Waals surface area contributed by atoms with E-state index in [0.29, 0.717) is 18.8 Å². The minimum Gasteiger partial charge on any atom is -0.352 e. The lowest BCUT2D eigenvalue weighted by molar-refractivity contribution is -0.132. The number of nitrogens with zero attached hydrogens (tertiary/aromatic N) is 6. The van der Waals surface area contributed by atoms with Crippen LogP contribution in [0.1, 0.15) is 23.4 Å². The van der Waals surface area contributed by atoms with Crippen molar-refractivity contribution < 1.29 is 4.79 Å². The Morgan fingerprint density at radius 1 is 1.12 bits per heavy atom. The third kappa shape index (κ3) is 3.31. The number of rotatable bonds is 3. The van der Waals surface area contributed by atoms with Crippen molar-refractivity contribution in [1.82, 2.24) is 24.6 Å². The van der Waals surface area contributed by atoms with Gasteiger partial charge in [0.2, 0.25) is 5.91 Å². The average Bonchev–Trinajstić information content (AvgIpc) is 3.12. The maximum atomic E-state index is 12.5. The van der Waals surface area contributed by atoms with Crippen LogP contribution in [0, 0.1) is 6.92 Å². The largest absolute Gasteiger partial charge is 0.352 e. The lowest BCUT2D eigenvalue weighted by Gasteiger charge is -2.35. The van der Waals surface area contributed by atoms with Gasteiger partial charge in [-0.25, -0.2) is 4.98 Å². The van der Waals surface area contributed by atoms with E-state index in [9.17, 15) is 9.59 Å². The first-order valence-corrected chi connectivity index (χ1v) is 9.01. The zero-order valence-corrected chi connectivity index (χ0v) is 14.9. The first kappa shape index (κ1) is 16.7. The number of anilines is 1. The van der Waals surface area contributed by atoms with E-state index in [4.69, 9.17) is 0 Å². The summed E-state index contributed by atoms with van der Waals surface area (Å²) in [5.41, 5.74) is 2.89. The SMILES string of the molecule is Cc1cc(=O)n(CC(=O)N2CCN(c3cc4c(nn3)CCC4)CC2)cn1. The Labute approximate surface area is 151 Å².